The van der Waals surface area contributed by atoms with Crippen molar-refractivity contribution < 1.29 is 4.74 Å². The fourth-order valence-corrected chi connectivity index (χ4v) is 1.96. The molecule has 0 bridgehead atoms. The number of aromatic nitrogens is 2. The third kappa shape index (κ3) is 1.17. The summed E-state index contributed by atoms with van der Waals surface area (Å²) in [4.78, 5) is 2.39. The second kappa shape index (κ2) is 2.82. The van der Waals surface area contributed by atoms with Gasteiger partial charge in [-0.1, -0.05) is 0 Å². The van der Waals surface area contributed by atoms with Gasteiger partial charge in [0.1, 0.15) is 6.23 Å². The van der Waals surface area contributed by atoms with E-state index in [9.17, 15) is 0 Å². The first-order valence-corrected chi connectivity index (χ1v) is 4.80. The molecule has 3 rings (SSSR count). The van der Waals surface area contributed by atoms with Gasteiger partial charge in [-0.2, -0.15) is 5.10 Å². The number of ether oxygens (including phenoxy) is 1. The molecule has 0 amide bonds. The van der Waals surface area contributed by atoms with E-state index >= 15 is 0 Å². The smallest absolute Gasteiger partial charge is 0.113 e. The summed E-state index contributed by atoms with van der Waals surface area (Å²) in [6, 6.07) is 2.09. The number of fused-ring (bicyclic) bond motifs is 1. The molecule has 0 spiro atoms. The van der Waals surface area contributed by atoms with E-state index in [0.717, 1.165) is 26.2 Å². The molecular formula is C9H13N3O. The highest BCUT2D eigenvalue weighted by atomic mass is 16.5. The van der Waals surface area contributed by atoms with Crippen LogP contribution in [0.4, 0.5) is 0 Å². The van der Waals surface area contributed by atoms with Crippen LogP contribution >= 0.6 is 0 Å². The molecule has 0 saturated carbocycles. The SMILES string of the molecule is c1cc2n(n1)CCN(C1CCO1)C2. The maximum absolute atomic E-state index is 5.46. The van der Waals surface area contributed by atoms with Gasteiger partial charge in [0.05, 0.1) is 18.8 Å². The van der Waals surface area contributed by atoms with Crippen molar-refractivity contribution in [2.75, 3.05) is 13.2 Å². The number of hydrogen-bond donors (Lipinski definition) is 0. The maximum atomic E-state index is 5.46. The van der Waals surface area contributed by atoms with Crippen molar-refractivity contribution in [2.45, 2.75) is 25.7 Å². The standard InChI is InChI=1S/C9H13N3O/c1-3-10-12-5-4-11(7-8(1)12)9-2-6-13-9/h1,3,9H,2,4-7H2. The lowest BCUT2D eigenvalue weighted by Crippen LogP contribution is -2.47. The van der Waals surface area contributed by atoms with Crippen molar-refractivity contribution in [3.63, 3.8) is 0 Å². The van der Waals surface area contributed by atoms with Gasteiger partial charge in [0.25, 0.3) is 0 Å². The monoisotopic (exact) mass is 179 g/mol. The van der Waals surface area contributed by atoms with E-state index in [1.54, 1.807) is 0 Å². The van der Waals surface area contributed by atoms with Crippen molar-refractivity contribution in [1.29, 1.82) is 0 Å². The normalized spacial score (nSPS) is 28.2. The summed E-state index contributed by atoms with van der Waals surface area (Å²) >= 11 is 0. The Balaban J connectivity index is 1.76. The Morgan fingerprint density at radius 1 is 1.46 bits per heavy atom. The highest BCUT2D eigenvalue weighted by Gasteiger charge is 2.28. The minimum absolute atomic E-state index is 0.378. The molecule has 1 aromatic rings. The van der Waals surface area contributed by atoms with Crippen LogP contribution in [0.5, 0.6) is 0 Å². The summed E-state index contributed by atoms with van der Waals surface area (Å²) < 4.78 is 7.54. The van der Waals surface area contributed by atoms with E-state index in [-0.39, 0.29) is 0 Å². The van der Waals surface area contributed by atoms with Crippen LogP contribution < -0.4 is 0 Å². The van der Waals surface area contributed by atoms with Crippen LogP contribution in [0.1, 0.15) is 12.1 Å². The van der Waals surface area contributed by atoms with Crippen molar-refractivity contribution in [3.05, 3.63) is 18.0 Å². The van der Waals surface area contributed by atoms with E-state index in [4.69, 9.17) is 4.74 Å². The molecule has 70 valence electrons. The topological polar surface area (TPSA) is 30.3 Å². The summed E-state index contributed by atoms with van der Waals surface area (Å²) in [6.07, 6.45) is 3.44. The molecule has 3 heterocycles. The first-order valence-electron chi connectivity index (χ1n) is 4.80. The highest BCUT2D eigenvalue weighted by molar-refractivity contribution is 5.03. The second-order valence-corrected chi connectivity index (χ2v) is 3.63. The largest absolute Gasteiger partial charge is 0.363 e. The molecule has 2 aliphatic heterocycles. The lowest BCUT2D eigenvalue weighted by atomic mass is 10.2. The van der Waals surface area contributed by atoms with Gasteiger partial charge in [-0.25, -0.2) is 0 Å². The third-order valence-corrected chi connectivity index (χ3v) is 2.85. The zero-order chi connectivity index (χ0) is 8.67. The molecule has 0 aromatic carbocycles. The first kappa shape index (κ1) is 7.53. The maximum Gasteiger partial charge on any atom is 0.113 e. The molecule has 0 N–H and O–H groups in total. The Morgan fingerprint density at radius 2 is 2.38 bits per heavy atom. The molecular weight excluding hydrogens is 166 g/mol. The third-order valence-electron chi connectivity index (χ3n) is 2.85. The highest BCUT2D eigenvalue weighted by Crippen LogP contribution is 2.21. The molecule has 2 aliphatic rings. The van der Waals surface area contributed by atoms with Gasteiger partial charge in [-0.3, -0.25) is 9.58 Å². The van der Waals surface area contributed by atoms with E-state index in [1.807, 2.05) is 6.20 Å². The van der Waals surface area contributed by atoms with Gasteiger partial charge >= 0.3 is 0 Å². The molecule has 1 atom stereocenters. The van der Waals surface area contributed by atoms with Crippen molar-refractivity contribution in [1.82, 2.24) is 14.7 Å². The zero-order valence-corrected chi connectivity index (χ0v) is 7.52. The van der Waals surface area contributed by atoms with Crippen LogP contribution in [0.2, 0.25) is 0 Å². The lowest BCUT2D eigenvalue weighted by Gasteiger charge is -2.39. The molecule has 1 fully saturated rings. The lowest BCUT2D eigenvalue weighted by molar-refractivity contribution is -0.152. The van der Waals surface area contributed by atoms with Crippen LogP contribution in [0.3, 0.4) is 0 Å². The molecule has 0 radical (unpaired) electrons. The molecule has 1 aromatic heterocycles. The van der Waals surface area contributed by atoms with Crippen LogP contribution in [0, 0.1) is 0 Å². The molecule has 0 aliphatic carbocycles. The van der Waals surface area contributed by atoms with Crippen LogP contribution in [-0.4, -0.2) is 34.1 Å². The molecule has 13 heavy (non-hydrogen) atoms. The Kier molecular flexibility index (Phi) is 1.63. The summed E-state index contributed by atoms with van der Waals surface area (Å²) in [7, 11) is 0. The van der Waals surface area contributed by atoms with Crippen molar-refractivity contribution in [3.8, 4) is 0 Å². The minimum atomic E-state index is 0.378. The fourth-order valence-electron chi connectivity index (χ4n) is 1.96. The van der Waals surface area contributed by atoms with E-state index in [0.29, 0.717) is 6.23 Å². The van der Waals surface area contributed by atoms with Gasteiger partial charge in [0.2, 0.25) is 0 Å². The quantitative estimate of drug-likeness (QED) is 0.627. The van der Waals surface area contributed by atoms with Crippen molar-refractivity contribution >= 4 is 0 Å². The Bertz CT molecular complexity index is 306. The number of hydrogen-bond acceptors (Lipinski definition) is 3. The second-order valence-electron chi connectivity index (χ2n) is 3.63. The number of rotatable bonds is 1. The van der Waals surface area contributed by atoms with E-state index < -0.39 is 0 Å². The summed E-state index contributed by atoms with van der Waals surface area (Å²) in [5.41, 5.74) is 1.31. The van der Waals surface area contributed by atoms with Crippen LogP contribution in [-0.2, 0) is 17.8 Å². The van der Waals surface area contributed by atoms with E-state index in [1.165, 1.54) is 12.1 Å². The fraction of sp³-hybridized carbons (Fsp3) is 0.667. The summed E-state index contributed by atoms with van der Waals surface area (Å²) in [6.45, 7) is 3.99. The summed E-state index contributed by atoms with van der Waals surface area (Å²) in [5.74, 6) is 0. The molecule has 1 unspecified atom stereocenters. The molecule has 4 nitrogen and oxygen atoms in total. The van der Waals surface area contributed by atoms with Gasteiger partial charge in [0.15, 0.2) is 0 Å². The average molecular weight is 179 g/mol. The molecule has 1 saturated heterocycles. The van der Waals surface area contributed by atoms with Gasteiger partial charge < -0.3 is 4.74 Å². The van der Waals surface area contributed by atoms with Gasteiger partial charge in [0, 0.05) is 25.7 Å². The molecule has 4 heteroatoms. The van der Waals surface area contributed by atoms with Crippen LogP contribution in [0.15, 0.2) is 12.3 Å². The average Bonchev–Trinajstić information content (AvgIpc) is 2.47. The predicted octanol–water partition coefficient (Wildman–Crippen LogP) is 0.445. The Labute approximate surface area is 77.1 Å². The van der Waals surface area contributed by atoms with Gasteiger partial charge in [-0.05, 0) is 6.07 Å². The predicted molar refractivity (Wildman–Crippen MR) is 47.0 cm³/mol. The zero-order valence-electron chi connectivity index (χ0n) is 7.52. The van der Waals surface area contributed by atoms with Crippen molar-refractivity contribution in [2.24, 2.45) is 0 Å². The summed E-state index contributed by atoms with van der Waals surface area (Å²) in [5, 5.41) is 4.24. The van der Waals surface area contributed by atoms with Gasteiger partial charge in [-0.15, -0.1) is 0 Å². The minimum Gasteiger partial charge on any atom is -0.363 e. The number of nitrogens with zero attached hydrogens (tertiary/aromatic N) is 3. The first-order chi connectivity index (χ1) is 6.43. The Hall–Kier alpha value is -0.870. The van der Waals surface area contributed by atoms with E-state index in [2.05, 4.69) is 20.7 Å². The van der Waals surface area contributed by atoms with Crippen LogP contribution in [0.25, 0.3) is 0 Å². The Morgan fingerprint density at radius 3 is 3.15 bits per heavy atom.